The monoisotopic (exact) mass is 305 g/mol. The van der Waals surface area contributed by atoms with Crippen LogP contribution >= 0.6 is 12.4 Å². The predicted molar refractivity (Wildman–Crippen MR) is 77.6 cm³/mol. The van der Waals surface area contributed by atoms with Crippen LogP contribution in [0.3, 0.4) is 0 Å². The van der Waals surface area contributed by atoms with Gasteiger partial charge >= 0.3 is 0 Å². The van der Waals surface area contributed by atoms with Crippen molar-refractivity contribution in [2.45, 2.75) is 50.1 Å². The van der Waals surface area contributed by atoms with Gasteiger partial charge in [-0.2, -0.15) is 0 Å². The molecular weight excluding hydrogens is 282 g/mol. The molecule has 0 spiro atoms. The van der Waals surface area contributed by atoms with E-state index in [9.17, 15) is 9.59 Å². The van der Waals surface area contributed by atoms with Gasteiger partial charge in [0.15, 0.2) is 0 Å². The average Bonchev–Trinajstić information content (AvgIpc) is 2.40. The smallest absolute Gasteiger partial charge is 0.243 e. The molecular formula is C13H24ClN3O3. The van der Waals surface area contributed by atoms with Gasteiger partial charge in [0.1, 0.15) is 5.54 Å². The Morgan fingerprint density at radius 3 is 2.55 bits per heavy atom. The first-order valence-corrected chi connectivity index (χ1v) is 7.04. The number of hydrogen-bond donors (Lipinski definition) is 3. The number of carbonyl (C=O) groups is 2. The van der Waals surface area contributed by atoms with E-state index in [0.29, 0.717) is 32.5 Å². The van der Waals surface area contributed by atoms with E-state index in [1.54, 1.807) is 0 Å². The van der Waals surface area contributed by atoms with E-state index < -0.39 is 11.4 Å². The molecule has 1 aliphatic carbocycles. The maximum atomic E-state index is 12.1. The van der Waals surface area contributed by atoms with Crippen molar-refractivity contribution in [3.63, 3.8) is 0 Å². The largest absolute Gasteiger partial charge is 0.378 e. The zero-order valence-corrected chi connectivity index (χ0v) is 12.5. The molecule has 2 aliphatic rings. The fourth-order valence-corrected chi connectivity index (χ4v) is 2.88. The number of nitrogens with one attached hydrogen (secondary N) is 2. The quantitative estimate of drug-likeness (QED) is 0.686. The van der Waals surface area contributed by atoms with Gasteiger partial charge in [0.25, 0.3) is 0 Å². The van der Waals surface area contributed by atoms with E-state index in [-0.39, 0.29) is 24.4 Å². The van der Waals surface area contributed by atoms with Crippen molar-refractivity contribution < 1.29 is 14.3 Å². The summed E-state index contributed by atoms with van der Waals surface area (Å²) in [6.07, 6.45) is 4.62. The number of primary amides is 1. The van der Waals surface area contributed by atoms with Gasteiger partial charge in [0.2, 0.25) is 11.8 Å². The molecule has 1 heterocycles. The number of nitrogens with two attached hydrogens (primary N) is 1. The molecule has 116 valence electrons. The zero-order chi connectivity index (χ0) is 13.7. The van der Waals surface area contributed by atoms with Crippen LogP contribution in [0.2, 0.25) is 0 Å². The van der Waals surface area contributed by atoms with Crippen molar-refractivity contribution in [3.8, 4) is 0 Å². The average molecular weight is 306 g/mol. The maximum absolute atomic E-state index is 12.1. The molecule has 2 amide bonds. The minimum absolute atomic E-state index is 0. The molecule has 20 heavy (non-hydrogen) atoms. The molecule has 4 N–H and O–H groups in total. The summed E-state index contributed by atoms with van der Waals surface area (Å²) in [6.45, 7) is 1.99. The van der Waals surface area contributed by atoms with Crippen molar-refractivity contribution in [2.75, 3.05) is 19.8 Å². The lowest BCUT2D eigenvalue weighted by Crippen LogP contribution is -2.59. The first-order chi connectivity index (χ1) is 9.12. The highest BCUT2D eigenvalue weighted by molar-refractivity contribution is 5.90. The number of amides is 2. The van der Waals surface area contributed by atoms with Crippen LogP contribution in [-0.4, -0.2) is 43.2 Å². The third kappa shape index (κ3) is 4.33. The molecule has 2 rings (SSSR count). The zero-order valence-electron chi connectivity index (χ0n) is 11.7. The van der Waals surface area contributed by atoms with Crippen molar-refractivity contribution in [3.05, 3.63) is 0 Å². The highest BCUT2D eigenvalue weighted by Crippen LogP contribution is 2.28. The molecule has 1 aliphatic heterocycles. The Morgan fingerprint density at radius 2 is 2.00 bits per heavy atom. The molecule has 0 aromatic heterocycles. The number of halogens is 1. The highest BCUT2D eigenvalue weighted by Gasteiger charge is 2.39. The van der Waals surface area contributed by atoms with Crippen molar-refractivity contribution in [1.29, 1.82) is 0 Å². The fraction of sp³-hybridized carbons (Fsp3) is 0.846. The van der Waals surface area contributed by atoms with Gasteiger partial charge in [-0.15, -0.1) is 12.4 Å². The van der Waals surface area contributed by atoms with Crippen LogP contribution in [-0.2, 0) is 14.3 Å². The fourth-order valence-electron chi connectivity index (χ4n) is 2.88. The van der Waals surface area contributed by atoms with Crippen molar-refractivity contribution in [1.82, 2.24) is 10.6 Å². The van der Waals surface area contributed by atoms with Gasteiger partial charge in [0.05, 0.1) is 13.2 Å². The van der Waals surface area contributed by atoms with Crippen LogP contribution in [0.15, 0.2) is 0 Å². The second-order valence-corrected chi connectivity index (χ2v) is 5.49. The Bertz CT molecular complexity index is 340. The van der Waals surface area contributed by atoms with Gasteiger partial charge in [0, 0.05) is 19.0 Å². The summed E-state index contributed by atoms with van der Waals surface area (Å²) < 4.78 is 5.31. The van der Waals surface area contributed by atoms with Crippen LogP contribution in [0.5, 0.6) is 0 Å². The molecule has 7 heteroatoms. The van der Waals surface area contributed by atoms with Gasteiger partial charge in [-0.05, 0) is 12.8 Å². The maximum Gasteiger partial charge on any atom is 0.243 e. The second-order valence-electron chi connectivity index (χ2n) is 5.49. The van der Waals surface area contributed by atoms with Crippen LogP contribution < -0.4 is 16.4 Å². The normalized spacial score (nSPS) is 25.3. The van der Waals surface area contributed by atoms with Gasteiger partial charge < -0.3 is 21.1 Å². The van der Waals surface area contributed by atoms with Crippen LogP contribution in [0.25, 0.3) is 0 Å². The summed E-state index contributed by atoms with van der Waals surface area (Å²) in [5, 5.41) is 6.10. The number of hydrogen-bond acceptors (Lipinski definition) is 4. The highest BCUT2D eigenvalue weighted by atomic mass is 35.5. The lowest BCUT2D eigenvalue weighted by Gasteiger charge is -2.35. The summed E-state index contributed by atoms with van der Waals surface area (Å²) in [5.74, 6) is -0.530. The van der Waals surface area contributed by atoms with Gasteiger partial charge in [-0.3, -0.25) is 9.59 Å². The molecule has 6 nitrogen and oxygen atoms in total. The third-order valence-corrected chi connectivity index (χ3v) is 3.99. The standard InChI is InChI=1S/C13H23N3O3.ClH/c14-12(18)13(4-2-1-3-5-13)16-11(17)8-10-9-19-7-6-15-10;/h10,15H,1-9H2,(H2,14,18)(H,16,17);1H. The molecule has 1 atom stereocenters. The van der Waals surface area contributed by atoms with E-state index in [4.69, 9.17) is 10.5 Å². The molecule has 2 fully saturated rings. The van der Waals surface area contributed by atoms with E-state index in [0.717, 1.165) is 25.8 Å². The topological polar surface area (TPSA) is 93.5 Å². The molecule has 0 aromatic carbocycles. The van der Waals surface area contributed by atoms with Crippen molar-refractivity contribution in [2.24, 2.45) is 5.73 Å². The molecule has 1 unspecified atom stereocenters. The number of morpholine rings is 1. The molecule has 0 radical (unpaired) electrons. The van der Waals surface area contributed by atoms with Gasteiger partial charge in [-0.1, -0.05) is 19.3 Å². The third-order valence-electron chi connectivity index (χ3n) is 3.99. The molecule has 1 saturated carbocycles. The Hall–Kier alpha value is -0.850. The summed E-state index contributed by atoms with van der Waals surface area (Å²) in [5.41, 5.74) is 4.66. The first kappa shape index (κ1) is 17.2. The summed E-state index contributed by atoms with van der Waals surface area (Å²) in [6, 6.07) is 0.0299. The van der Waals surface area contributed by atoms with Crippen LogP contribution in [0, 0.1) is 0 Å². The minimum atomic E-state index is -0.829. The van der Waals surface area contributed by atoms with E-state index in [1.807, 2.05) is 0 Å². The van der Waals surface area contributed by atoms with E-state index in [2.05, 4.69) is 10.6 Å². The number of carbonyl (C=O) groups excluding carboxylic acids is 2. The van der Waals surface area contributed by atoms with E-state index in [1.165, 1.54) is 0 Å². The molecule has 0 aromatic rings. The Morgan fingerprint density at radius 1 is 1.30 bits per heavy atom. The van der Waals surface area contributed by atoms with Gasteiger partial charge in [-0.25, -0.2) is 0 Å². The first-order valence-electron chi connectivity index (χ1n) is 7.04. The molecule has 0 bridgehead atoms. The number of rotatable bonds is 4. The Balaban J connectivity index is 0.00000200. The van der Waals surface area contributed by atoms with Crippen molar-refractivity contribution >= 4 is 24.2 Å². The second kappa shape index (κ2) is 7.81. The SMILES string of the molecule is Cl.NC(=O)C1(NC(=O)CC2COCCN2)CCCCC1. The number of ether oxygens (including phenoxy) is 1. The summed E-state index contributed by atoms with van der Waals surface area (Å²) in [7, 11) is 0. The lowest BCUT2D eigenvalue weighted by atomic mass is 9.81. The van der Waals surface area contributed by atoms with E-state index >= 15 is 0 Å². The summed E-state index contributed by atoms with van der Waals surface area (Å²) in [4.78, 5) is 23.7. The van der Waals surface area contributed by atoms with Crippen LogP contribution in [0.4, 0.5) is 0 Å². The minimum Gasteiger partial charge on any atom is -0.378 e. The summed E-state index contributed by atoms with van der Waals surface area (Å²) >= 11 is 0. The van der Waals surface area contributed by atoms with Crippen LogP contribution in [0.1, 0.15) is 38.5 Å². The molecule has 1 saturated heterocycles. The predicted octanol–water partition coefficient (Wildman–Crippen LogP) is 0.0911. The lowest BCUT2D eigenvalue weighted by molar-refractivity contribution is -0.133. The Labute approximate surface area is 125 Å². The Kier molecular flexibility index (Phi) is 6.71.